The van der Waals surface area contributed by atoms with E-state index in [4.69, 9.17) is 21.1 Å². The van der Waals surface area contributed by atoms with E-state index in [-0.39, 0.29) is 9.79 Å². The van der Waals surface area contributed by atoms with Crippen molar-refractivity contribution in [3.8, 4) is 11.5 Å². The number of ether oxygens (including phenoxy) is 2. The lowest BCUT2D eigenvalue weighted by molar-refractivity contribution is 0.355. The highest BCUT2D eigenvalue weighted by Gasteiger charge is 2.29. The van der Waals surface area contributed by atoms with E-state index in [2.05, 4.69) is 16.8 Å². The zero-order chi connectivity index (χ0) is 22.2. The summed E-state index contributed by atoms with van der Waals surface area (Å²) in [6, 6.07) is 9.81. The number of hydrogen-bond acceptors (Lipinski definition) is 6. The summed E-state index contributed by atoms with van der Waals surface area (Å²) in [7, 11) is -0.682. The number of benzene rings is 2. The van der Waals surface area contributed by atoms with Gasteiger partial charge in [0.1, 0.15) is 4.90 Å². The van der Waals surface area contributed by atoms with E-state index in [1.807, 2.05) is 6.07 Å². The number of anilines is 1. The number of rotatable bonds is 5. The third-order valence-corrected chi connectivity index (χ3v) is 7.85. The number of halogens is 1. The van der Waals surface area contributed by atoms with Crippen molar-refractivity contribution in [2.45, 2.75) is 29.6 Å². The molecule has 1 aliphatic rings. The molecule has 0 spiro atoms. The summed E-state index contributed by atoms with van der Waals surface area (Å²) in [4.78, 5) is 7.00. The van der Waals surface area contributed by atoms with Gasteiger partial charge >= 0.3 is 0 Å². The molecule has 31 heavy (non-hydrogen) atoms. The molecule has 4 rings (SSSR count). The third kappa shape index (κ3) is 4.04. The molecule has 2 aromatic carbocycles. The molecule has 0 aliphatic carbocycles. The van der Waals surface area contributed by atoms with Crippen LogP contribution in [0.2, 0.25) is 5.02 Å². The van der Waals surface area contributed by atoms with Crippen LogP contribution in [0.25, 0.3) is 10.9 Å². The first-order chi connectivity index (χ1) is 14.8. The smallest absolute Gasteiger partial charge is 0.210 e. The van der Waals surface area contributed by atoms with Crippen LogP contribution in [0.15, 0.2) is 52.4 Å². The fourth-order valence-electron chi connectivity index (χ4n) is 3.98. The van der Waals surface area contributed by atoms with Gasteiger partial charge in [-0.2, -0.15) is 0 Å². The lowest BCUT2D eigenvalue weighted by atomic mass is 9.98. The van der Waals surface area contributed by atoms with Crippen molar-refractivity contribution in [3.05, 3.63) is 47.6 Å². The summed E-state index contributed by atoms with van der Waals surface area (Å²) in [6.07, 6.45) is 3.45. The van der Waals surface area contributed by atoms with Crippen LogP contribution in [-0.2, 0) is 9.84 Å². The van der Waals surface area contributed by atoms with Crippen LogP contribution in [0.4, 0.5) is 5.69 Å². The van der Waals surface area contributed by atoms with Gasteiger partial charge in [0.05, 0.1) is 30.3 Å². The van der Waals surface area contributed by atoms with Gasteiger partial charge in [0.2, 0.25) is 9.84 Å². The molecule has 3 aromatic rings. The molecule has 6 nitrogen and oxygen atoms in total. The van der Waals surface area contributed by atoms with Crippen molar-refractivity contribution in [1.82, 2.24) is 4.98 Å². The molecule has 0 bridgehead atoms. The van der Waals surface area contributed by atoms with Crippen LogP contribution >= 0.6 is 11.6 Å². The van der Waals surface area contributed by atoms with Crippen molar-refractivity contribution in [3.63, 3.8) is 0 Å². The summed E-state index contributed by atoms with van der Waals surface area (Å²) in [5.41, 5.74) is 1.31. The van der Waals surface area contributed by atoms with Gasteiger partial charge in [0, 0.05) is 35.8 Å². The van der Waals surface area contributed by atoms with Crippen LogP contribution in [0.3, 0.4) is 0 Å². The van der Waals surface area contributed by atoms with E-state index >= 15 is 0 Å². The van der Waals surface area contributed by atoms with Crippen molar-refractivity contribution in [2.75, 3.05) is 32.2 Å². The second-order valence-corrected chi connectivity index (χ2v) is 10.2. The van der Waals surface area contributed by atoms with Crippen LogP contribution in [-0.4, -0.2) is 40.7 Å². The molecular weight excluding hydrogens is 436 g/mol. The van der Waals surface area contributed by atoms with E-state index in [0.29, 0.717) is 33.6 Å². The maximum atomic E-state index is 13.6. The monoisotopic (exact) mass is 460 g/mol. The SMILES string of the molecule is COc1cc2ncc(S(=O)(=O)c3ccc(Cl)cc3)c(N3CCC(C)CC3)c2cc1OC. The number of fused-ring (bicyclic) bond motifs is 1. The van der Waals surface area contributed by atoms with Gasteiger partial charge in [-0.05, 0) is 49.1 Å². The van der Waals surface area contributed by atoms with Crippen LogP contribution in [0.1, 0.15) is 19.8 Å². The molecule has 2 heterocycles. The quantitative estimate of drug-likeness (QED) is 0.535. The number of nitrogens with zero attached hydrogens (tertiary/aromatic N) is 2. The minimum Gasteiger partial charge on any atom is -0.493 e. The standard InChI is InChI=1S/C23H25ClN2O4S/c1-15-8-10-26(11-9-15)23-18-12-20(29-2)21(30-3)13-19(18)25-14-22(23)31(27,28)17-6-4-16(24)5-7-17/h4-7,12-15H,8-11H2,1-3H3. The zero-order valence-electron chi connectivity index (χ0n) is 17.8. The Hall–Kier alpha value is -2.51. The molecule has 0 radical (unpaired) electrons. The van der Waals surface area contributed by atoms with Gasteiger partial charge in [-0.1, -0.05) is 18.5 Å². The maximum Gasteiger partial charge on any atom is 0.210 e. The number of methoxy groups -OCH3 is 2. The molecule has 0 atom stereocenters. The molecule has 164 valence electrons. The lowest BCUT2D eigenvalue weighted by Crippen LogP contribution is -2.34. The van der Waals surface area contributed by atoms with Crippen LogP contribution in [0, 0.1) is 5.92 Å². The highest BCUT2D eigenvalue weighted by Crippen LogP contribution is 2.41. The molecular formula is C23H25ClN2O4S. The number of hydrogen-bond donors (Lipinski definition) is 0. The van der Waals surface area contributed by atoms with Gasteiger partial charge in [0.15, 0.2) is 11.5 Å². The fraction of sp³-hybridized carbons (Fsp3) is 0.348. The van der Waals surface area contributed by atoms with Gasteiger partial charge in [-0.15, -0.1) is 0 Å². The van der Waals surface area contributed by atoms with E-state index in [9.17, 15) is 8.42 Å². The number of piperidine rings is 1. The van der Waals surface area contributed by atoms with E-state index < -0.39 is 9.84 Å². The fourth-order valence-corrected chi connectivity index (χ4v) is 5.54. The van der Waals surface area contributed by atoms with E-state index in [0.717, 1.165) is 31.3 Å². The summed E-state index contributed by atoms with van der Waals surface area (Å²) in [5, 5.41) is 1.21. The highest BCUT2D eigenvalue weighted by molar-refractivity contribution is 7.91. The number of aromatic nitrogens is 1. The Balaban J connectivity index is 1.98. The molecule has 1 aliphatic heterocycles. The van der Waals surface area contributed by atoms with Crippen LogP contribution < -0.4 is 14.4 Å². The highest BCUT2D eigenvalue weighted by atomic mass is 35.5. The minimum atomic E-state index is -3.81. The van der Waals surface area contributed by atoms with Gasteiger partial charge in [0.25, 0.3) is 0 Å². The number of sulfone groups is 1. The Morgan fingerprint density at radius 1 is 1.03 bits per heavy atom. The van der Waals surface area contributed by atoms with Gasteiger partial charge in [-0.25, -0.2) is 8.42 Å². The molecule has 0 unspecified atom stereocenters. The van der Waals surface area contributed by atoms with Gasteiger partial charge in [-0.3, -0.25) is 4.98 Å². The average Bonchev–Trinajstić information content (AvgIpc) is 2.78. The largest absolute Gasteiger partial charge is 0.493 e. The maximum absolute atomic E-state index is 13.6. The Labute approximate surface area is 187 Å². The second kappa shape index (κ2) is 8.55. The lowest BCUT2D eigenvalue weighted by Gasteiger charge is -2.34. The zero-order valence-corrected chi connectivity index (χ0v) is 19.3. The predicted octanol–water partition coefficient (Wildman–Crippen LogP) is 4.97. The molecule has 0 saturated carbocycles. The molecule has 8 heteroatoms. The summed E-state index contributed by atoms with van der Waals surface area (Å²) in [5.74, 6) is 1.69. The summed E-state index contributed by atoms with van der Waals surface area (Å²) < 4.78 is 38.2. The normalized spacial score (nSPS) is 15.3. The van der Waals surface area contributed by atoms with Crippen molar-refractivity contribution in [2.24, 2.45) is 5.92 Å². The second-order valence-electron chi connectivity index (χ2n) is 7.82. The van der Waals surface area contributed by atoms with Crippen LogP contribution in [0.5, 0.6) is 11.5 Å². The molecule has 0 amide bonds. The first-order valence-electron chi connectivity index (χ1n) is 10.2. The van der Waals surface area contributed by atoms with Crippen molar-refractivity contribution in [1.29, 1.82) is 0 Å². The molecule has 1 saturated heterocycles. The average molecular weight is 461 g/mol. The predicted molar refractivity (Wildman–Crippen MR) is 122 cm³/mol. The molecule has 0 N–H and O–H groups in total. The first kappa shape index (κ1) is 21.7. The van der Waals surface area contributed by atoms with E-state index in [1.165, 1.54) is 18.3 Å². The van der Waals surface area contributed by atoms with Crippen molar-refractivity contribution >= 4 is 38.0 Å². The minimum absolute atomic E-state index is 0.184. The topological polar surface area (TPSA) is 68.7 Å². The molecule has 1 fully saturated rings. The van der Waals surface area contributed by atoms with Gasteiger partial charge < -0.3 is 14.4 Å². The third-order valence-electron chi connectivity index (χ3n) is 5.82. The Kier molecular flexibility index (Phi) is 5.99. The Morgan fingerprint density at radius 3 is 2.26 bits per heavy atom. The Morgan fingerprint density at radius 2 is 1.65 bits per heavy atom. The summed E-state index contributed by atoms with van der Waals surface area (Å²) in [6.45, 7) is 3.77. The molecule has 1 aromatic heterocycles. The first-order valence-corrected chi connectivity index (χ1v) is 12.0. The number of pyridine rings is 1. The summed E-state index contributed by atoms with van der Waals surface area (Å²) >= 11 is 5.97. The van der Waals surface area contributed by atoms with E-state index in [1.54, 1.807) is 32.4 Å². The van der Waals surface area contributed by atoms with Crippen molar-refractivity contribution < 1.29 is 17.9 Å². The Bertz CT molecular complexity index is 1200.